The summed E-state index contributed by atoms with van der Waals surface area (Å²) in [7, 11) is 0. The number of aliphatic hydroxyl groups excluding tert-OH is 1. The third-order valence-corrected chi connectivity index (χ3v) is 5.87. The highest BCUT2D eigenvalue weighted by Gasteiger charge is 2.36. The summed E-state index contributed by atoms with van der Waals surface area (Å²) in [6.07, 6.45) is 2.73. The van der Waals surface area contributed by atoms with Gasteiger partial charge in [-0.25, -0.2) is 4.98 Å². The Bertz CT molecular complexity index is 599. The van der Waals surface area contributed by atoms with Gasteiger partial charge in [0, 0.05) is 18.1 Å². The van der Waals surface area contributed by atoms with Crippen LogP contribution in [0.4, 0.5) is 0 Å². The molecule has 1 N–H and O–H groups in total. The van der Waals surface area contributed by atoms with Crippen molar-refractivity contribution >= 4 is 44.5 Å². The average molecular weight is 373 g/mol. The maximum Gasteiger partial charge on any atom is 0.264 e. The molecule has 3 heterocycles. The number of hydrogen-bond donors (Lipinski definition) is 1. The van der Waals surface area contributed by atoms with Crippen LogP contribution in [0.15, 0.2) is 27.5 Å². The zero-order chi connectivity index (χ0) is 14.1. The Morgan fingerprint density at radius 1 is 1.55 bits per heavy atom. The van der Waals surface area contributed by atoms with Crippen LogP contribution in [0.5, 0.6) is 0 Å². The van der Waals surface area contributed by atoms with Gasteiger partial charge in [-0.15, -0.1) is 22.7 Å². The number of carbonyl (C=O) groups excluding carboxylic acids is 1. The highest BCUT2D eigenvalue weighted by molar-refractivity contribution is 9.11. The summed E-state index contributed by atoms with van der Waals surface area (Å²) >= 11 is 6.23. The first-order chi connectivity index (χ1) is 9.66. The quantitative estimate of drug-likeness (QED) is 0.898. The van der Waals surface area contributed by atoms with Gasteiger partial charge in [0.1, 0.15) is 11.1 Å². The first-order valence-electron chi connectivity index (χ1n) is 6.30. The van der Waals surface area contributed by atoms with Crippen LogP contribution >= 0.6 is 38.6 Å². The first-order valence-corrected chi connectivity index (χ1v) is 8.79. The van der Waals surface area contributed by atoms with Gasteiger partial charge in [0.25, 0.3) is 5.91 Å². The van der Waals surface area contributed by atoms with Crippen molar-refractivity contribution in [2.75, 3.05) is 6.54 Å². The van der Waals surface area contributed by atoms with E-state index in [2.05, 4.69) is 20.9 Å². The third-order valence-electron chi connectivity index (χ3n) is 3.41. The van der Waals surface area contributed by atoms with E-state index in [1.165, 1.54) is 22.7 Å². The lowest BCUT2D eigenvalue weighted by atomic mass is 10.1. The second kappa shape index (κ2) is 5.93. The van der Waals surface area contributed by atoms with Crippen molar-refractivity contribution in [1.29, 1.82) is 0 Å². The number of aromatic nitrogens is 1. The zero-order valence-electron chi connectivity index (χ0n) is 10.5. The van der Waals surface area contributed by atoms with Gasteiger partial charge >= 0.3 is 0 Å². The molecule has 20 heavy (non-hydrogen) atoms. The number of aliphatic hydroxyl groups is 1. The number of carbonyl (C=O) groups is 1. The van der Waals surface area contributed by atoms with Gasteiger partial charge in [0.2, 0.25) is 0 Å². The van der Waals surface area contributed by atoms with Crippen LogP contribution < -0.4 is 0 Å². The minimum atomic E-state index is -0.690. The molecule has 1 aliphatic heterocycles. The summed E-state index contributed by atoms with van der Waals surface area (Å²) in [6.45, 7) is 0.696. The molecule has 4 nitrogen and oxygen atoms in total. The van der Waals surface area contributed by atoms with Crippen LogP contribution in [0.3, 0.4) is 0 Å². The van der Waals surface area contributed by atoms with Crippen molar-refractivity contribution < 1.29 is 9.90 Å². The maximum atomic E-state index is 12.5. The minimum Gasteiger partial charge on any atom is -0.384 e. The molecule has 106 valence electrons. The number of thiazole rings is 1. The molecule has 3 rings (SSSR count). The lowest BCUT2D eigenvalue weighted by Gasteiger charge is -2.27. The van der Waals surface area contributed by atoms with Gasteiger partial charge in [-0.3, -0.25) is 4.79 Å². The highest BCUT2D eigenvalue weighted by Crippen LogP contribution is 2.33. The van der Waals surface area contributed by atoms with E-state index in [1.54, 1.807) is 11.1 Å². The number of likely N-dealkylation sites (tertiary alicyclic amines) is 1. The van der Waals surface area contributed by atoms with Crippen LogP contribution in [0.2, 0.25) is 0 Å². The summed E-state index contributed by atoms with van der Waals surface area (Å²) in [6, 6.07) is 3.53. The second-order valence-electron chi connectivity index (χ2n) is 4.63. The molecule has 1 amide bonds. The van der Waals surface area contributed by atoms with Crippen molar-refractivity contribution in [2.45, 2.75) is 25.0 Å². The number of nitrogens with zero attached hydrogens (tertiary/aromatic N) is 2. The number of hydrogen-bond acceptors (Lipinski definition) is 5. The fourth-order valence-corrected chi connectivity index (χ4v) is 4.51. The van der Waals surface area contributed by atoms with E-state index in [1.807, 2.05) is 17.5 Å². The largest absolute Gasteiger partial charge is 0.384 e. The zero-order valence-corrected chi connectivity index (χ0v) is 13.7. The lowest BCUT2D eigenvalue weighted by Crippen LogP contribution is -2.38. The Balaban J connectivity index is 1.80. The molecule has 1 fully saturated rings. The Labute approximate surface area is 133 Å². The molecule has 0 aliphatic carbocycles. The standard InChI is InChI=1S/C13H13BrN2O2S2/c14-10-4-3-9(20-10)13(18)16-6-1-2-8(16)11(17)12-15-5-7-19-12/h3-5,7-8,11,17H,1-2,6H2/t8-,11-/m1/s1. The summed E-state index contributed by atoms with van der Waals surface area (Å²) in [5.74, 6) is -0.00111. The van der Waals surface area contributed by atoms with Gasteiger partial charge < -0.3 is 10.0 Å². The molecule has 0 spiro atoms. The van der Waals surface area contributed by atoms with Gasteiger partial charge in [-0.2, -0.15) is 0 Å². The molecule has 2 aromatic heterocycles. The summed E-state index contributed by atoms with van der Waals surface area (Å²) < 4.78 is 0.942. The molecule has 1 saturated heterocycles. The molecule has 2 atom stereocenters. The number of amides is 1. The maximum absolute atomic E-state index is 12.5. The minimum absolute atomic E-state index is 0.00111. The van der Waals surface area contributed by atoms with Gasteiger partial charge in [0.15, 0.2) is 0 Å². The molecule has 0 aromatic carbocycles. The number of rotatable bonds is 3. The van der Waals surface area contributed by atoms with Crippen molar-refractivity contribution in [3.8, 4) is 0 Å². The SMILES string of the molecule is O=C(c1ccc(Br)s1)N1CCC[C@@H]1[C@@H](O)c1nccs1. The van der Waals surface area contributed by atoms with Crippen LogP contribution in [-0.4, -0.2) is 33.5 Å². The Kier molecular flexibility index (Phi) is 4.21. The molecule has 7 heteroatoms. The van der Waals surface area contributed by atoms with E-state index in [0.717, 1.165) is 16.6 Å². The van der Waals surface area contributed by atoms with Crippen molar-refractivity contribution in [1.82, 2.24) is 9.88 Å². The molecule has 2 aromatic rings. The van der Waals surface area contributed by atoms with Crippen molar-refractivity contribution in [3.63, 3.8) is 0 Å². The van der Waals surface area contributed by atoms with E-state index in [9.17, 15) is 9.90 Å². The second-order valence-corrected chi connectivity index (χ2v) is 8.02. The highest BCUT2D eigenvalue weighted by atomic mass is 79.9. The smallest absolute Gasteiger partial charge is 0.264 e. The molecule has 0 saturated carbocycles. The van der Waals surface area contributed by atoms with Crippen LogP contribution in [0.25, 0.3) is 0 Å². The Morgan fingerprint density at radius 3 is 3.05 bits per heavy atom. The number of thiophene rings is 1. The molecule has 1 aliphatic rings. The molecule has 0 radical (unpaired) electrons. The lowest BCUT2D eigenvalue weighted by molar-refractivity contribution is 0.0490. The van der Waals surface area contributed by atoms with Gasteiger partial charge in [-0.05, 0) is 40.9 Å². The Morgan fingerprint density at radius 2 is 2.40 bits per heavy atom. The third kappa shape index (κ3) is 2.67. The summed E-state index contributed by atoms with van der Waals surface area (Å²) in [4.78, 5) is 19.2. The van der Waals surface area contributed by atoms with Gasteiger partial charge in [0.05, 0.1) is 14.7 Å². The monoisotopic (exact) mass is 372 g/mol. The predicted molar refractivity (Wildman–Crippen MR) is 83.2 cm³/mol. The van der Waals surface area contributed by atoms with Crippen molar-refractivity contribution in [2.24, 2.45) is 0 Å². The van der Waals surface area contributed by atoms with E-state index < -0.39 is 6.10 Å². The van der Waals surface area contributed by atoms with E-state index in [4.69, 9.17) is 0 Å². The summed E-state index contributed by atoms with van der Waals surface area (Å²) in [5, 5.41) is 13.0. The van der Waals surface area contributed by atoms with Crippen LogP contribution in [0.1, 0.15) is 33.6 Å². The first kappa shape index (κ1) is 14.2. The van der Waals surface area contributed by atoms with Crippen LogP contribution in [0, 0.1) is 0 Å². The Hall–Kier alpha value is -0.760. The van der Waals surface area contributed by atoms with Crippen molar-refractivity contribution in [3.05, 3.63) is 37.4 Å². The number of halogens is 1. The summed E-state index contributed by atoms with van der Waals surface area (Å²) in [5.41, 5.74) is 0. The van der Waals surface area contributed by atoms with Gasteiger partial charge in [-0.1, -0.05) is 0 Å². The molecule has 0 unspecified atom stereocenters. The molecule has 0 bridgehead atoms. The molecular formula is C13H13BrN2O2S2. The topological polar surface area (TPSA) is 53.4 Å². The van der Waals surface area contributed by atoms with E-state index >= 15 is 0 Å². The molecular weight excluding hydrogens is 360 g/mol. The fraction of sp³-hybridized carbons (Fsp3) is 0.385. The predicted octanol–water partition coefficient (Wildman–Crippen LogP) is 3.31. The average Bonchev–Trinajstić information content (AvgIpc) is 3.18. The van der Waals surface area contributed by atoms with E-state index in [-0.39, 0.29) is 11.9 Å². The van der Waals surface area contributed by atoms with Crippen LogP contribution in [-0.2, 0) is 0 Å². The van der Waals surface area contributed by atoms with E-state index in [0.29, 0.717) is 16.4 Å². The fourth-order valence-electron chi connectivity index (χ4n) is 2.49. The normalized spacial score (nSPS) is 20.3.